The predicted molar refractivity (Wildman–Crippen MR) is 93.7 cm³/mol. The second-order valence-electron chi connectivity index (χ2n) is 6.79. The molecule has 1 aliphatic heterocycles. The van der Waals surface area contributed by atoms with E-state index in [2.05, 4.69) is 10.2 Å². The normalized spacial score (nSPS) is 24.0. The zero-order chi connectivity index (χ0) is 17.3. The third-order valence-corrected chi connectivity index (χ3v) is 5.36. The van der Waals surface area contributed by atoms with Gasteiger partial charge < -0.3 is 14.8 Å². The SMILES string of the molecule is COc1cc(Cl)c(CN2C[C@H](NC(C)=O)[C@@H](C3CC3)C2)c(OC)c1. The maximum absolute atomic E-state index is 11.5. The Balaban J connectivity index is 1.75. The van der Waals surface area contributed by atoms with E-state index in [1.54, 1.807) is 21.1 Å². The summed E-state index contributed by atoms with van der Waals surface area (Å²) in [6, 6.07) is 3.91. The van der Waals surface area contributed by atoms with E-state index >= 15 is 0 Å². The summed E-state index contributed by atoms with van der Waals surface area (Å²) >= 11 is 6.45. The van der Waals surface area contributed by atoms with Gasteiger partial charge >= 0.3 is 0 Å². The molecule has 1 amide bonds. The molecule has 1 N–H and O–H groups in total. The van der Waals surface area contributed by atoms with Gasteiger partial charge in [-0.15, -0.1) is 0 Å². The molecule has 0 aromatic heterocycles. The molecule has 132 valence electrons. The fraction of sp³-hybridized carbons (Fsp3) is 0.611. The lowest BCUT2D eigenvalue weighted by molar-refractivity contribution is -0.119. The van der Waals surface area contributed by atoms with Crippen molar-refractivity contribution >= 4 is 17.5 Å². The topological polar surface area (TPSA) is 50.8 Å². The molecule has 0 spiro atoms. The molecule has 1 aromatic carbocycles. The third-order valence-electron chi connectivity index (χ3n) is 5.02. The van der Waals surface area contributed by atoms with Crippen LogP contribution in [0.25, 0.3) is 0 Å². The van der Waals surface area contributed by atoms with Crippen LogP contribution < -0.4 is 14.8 Å². The molecule has 0 radical (unpaired) electrons. The lowest BCUT2D eigenvalue weighted by atomic mass is 9.98. The number of halogens is 1. The second-order valence-corrected chi connectivity index (χ2v) is 7.20. The smallest absolute Gasteiger partial charge is 0.217 e. The summed E-state index contributed by atoms with van der Waals surface area (Å²) in [6.45, 7) is 4.15. The molecule has 2 atom stereocenters. The van der Waals surface area contributed by atoms with Crippen molar-refractivity contribution in [3.05, 3.63) is 22.7 Å². The van der Waals surface area contributed by atoms with E-state index in [4.69, 9.17) is 21.1 Å². The summed E-state index contributed by atoms with van der Waals surface area (Å²) in [4.78, 5) is 13.9. The van der Waals surface area contributed by atoms with Crippen molar-refractivity contribution in [1.82, 2.24) is 10.2 Å². The number of nitrogens with zero attached hydrogens (tertiary/aromatic N) is 1. The van der Waals surface area contributed by atoms with Crippen LogP contribution in [-0.2, 0) is 11.3 Å². The Bertz CT molecular complexity index is 619. The monoisotopic (exact) mass is 352 g/mol. The van der Waals surface area contributed by atoms with Gasteiger partial charge in [0.25, 0.3) is 0 Å². The average molecular weight is 353 g/mol. The zero-order valence-electron chi connectivity index (χ0n) is 14.5. The molecule has 1 saturated heterocycles. The fourth-order valence-electron chi connectivity index (χ4n) is 3.72. The van der Waals surface area contributed by atoms with Crippen LogP contribution in [0.3, 0.4) is 0 Å². The van der Waals surface area contributed by atoms with Crippen LogP contribution in [0, 0.1) is 11.8 Å². The number of carbonyl (C=O) groups is 1. The van der Waals surface area contributed by atoms with Gasteiger partial charge in [-0.1, -0.05) is 11.6 Å². The van der Waals surface area contributed by atoms with E-state index in [0.717, 1.165) is 30.3 Å². The van der Waals surface area contributed by atoms with E-state index in [9.17, 15) is 4.79 Å². The Hall–Kier alpha value is -1.46. The number of likely N-dealkylation sites (tertiary alicyclic amines) is 1. The molecule has 2 aliphatic rings. The Morgan fingerprint density at radius 2 is 2.04 bits per heavy atom. The van der Waals surface area contributed by atoms with Crippen molar-refractivity contribution in [2.45, 2.75) is 32.4 Å². The van der Waals surface area contributed by atoms with Gasteiger partial charge in [-0.3, -0.25) is 9.69 Å². The van der Waals surface area contributed by atoms with Crippen molar-refractivity contribution in [1.29, 1.82) is 0 Å². The number of hydrogen-bond donors (Lipinski definition) is 1. The number of ether oxygens (including phenoxy) is 2. The van der Waals surface area contributed by atoms with E-state index in [0.29, 0.717) is 23.2 Å². The number of nitrogens with one attached hydrogen (secondary N) is 1. The number of carbonyl (C=O) groups excluding carboxylic acids is 1. The van der Waals surface area contributed by atoms with Gasteiger partial charge in [0.05, 0.1) is 19.2 Å². The Morgan fingerprint density at radius 1 is 1.29 bits per heavy atom. The first kappa shape index (κ1) is 17.4. The van der Waals surface area contributed by atoms with E-state index in [1.165, 1.54) is 12.8 Å². The quantitative estimate of drug-likeness (QED) is 0.855. The minimum Gasteiger partial charge on any atom is -0.497 e. The van der Waals surface area contributed by atoms with Crippen LogP contribution in [0.15, 0.2) is 12.1 Å². The van der Waals surface area contributed by atoms with Gasteiger partial charge in [0.1, 0.15) is 11.5 Å². The molecular weight excluding hydrogens is 328 g/mol. The molecule has 1 heterocycles. The zero-order valence-corrected chi connectivity index (χ0v) is 15.2. The first-order valence-corrected chi connectivity index (χ1v) is 8.79. The van der Waals surface area contributed by atoms with Gasteiger partial charge in [0, 0.05) is 44.2 Å². The highest BCUT2D eigenvalue weighted by Gasteiger charge is 2.42. The van der Waals surface area contributed by atoms with Gasteiger partial charge in [0.15, 0.2) is 0 Å². The molecule has 3 rings (SSSR count). The van der Waals surface area contributed by atoms with Crippen molar-refractivity contribution < 1.29 is 14.3 Å². The molecule has 0 bridgehead atoms. The lowest BCUT2D eigenvalue weighted by Crippen LogP contribution is -2.39. The van der Waals surface area contributed by atoms with Crippen molar-refractivity contribution in [2.75, 3.05) is 27.3 Å². The fourth-order valence-corrected chi connectivity index (χ4v) is 3.98. The number of benzene rings is 1. The van der Waals surface area contributed by atoms with E-state index in [-0.39, 0.29) is 11.9 Å². The van der Waals surface area contributed by atoms with E-state index < -0.39 is 0 Å². The van der Waals surface area contributed by atoms with Gasteiger partial charge in [-0.25, -0.2) is 0 Å². The summed E-state index contributed by atoms with van der Waals surface area (Å²) in [5.41, 5.74) is 0.970. The summed E-state index contributed by atoms with van der Waals surface area (Å²) in [5.74, 6) is 2.77. The third kappa shape index (κ3) is 3.78. The standard InChI is InChI=1S/C18H25ClN2O3/c1-11(22)20-17-10-21(8-14(17)12-4-5-12)9-15-16(19)6-13(23-2)7-18(15)24-3/h6-7,12,14,17H,4-5,8-10H2,1-3H3,(H,20,22)/t14-,17+/m1/s1. The summed E-state index contributed by atoms with van der Waals surface area (Å²) in [6.07, 6.45) is 2.56. The minimum absolute atomic E-state index is 0.0487. The summed E-state index contributed by atoms with van der Waals surface area (Å²) in [7, 11) is 3.26. The number of methoxy groups -OCH3 is 2. The average Bonchev–Trinajstić information content (AvgIpc) is 3.31. The van der Waals surface area contributed by atoms with Crippen molar-refractivity contribution in [2.24, 2.45) is 11.8 Å². The first-order chi connectivity index (χ1) is 11.5. The highest BCUT2D eigenvalue weighted by Crippen LogP contribution is 2.42. The number of hydrogen-bond acceptors (Lipinski definition) is 4. The molecule has 24 heavy (non-hydrogen) atoms. The highest BCUT2D eigenvalue weighted by molar-refractivity contribution is 6.31. The molecule has 0 unspecified atom stereocenters. The molecule has 5 nitrogen and oxygen atoms in total. The molecule has 1 aliphatic carbocycles. The van der Waals surface area contributed by atoms with Crippen molar-refractivity contribution in [3.8, 4) is 11.5 Å². The minimum atomic E-state index is 0.0487. The Morgan fingerprint density at radius 3 is 2.62 bits per heavy atom. The Kier molecular flexibility index (Phi) is 5.21. The second kappa shape index (κ2) is 7.19. The van der Waals surface area contributed by atoms with Crippen LogP contribution in [0.2, 0.25) is 5.02 Å². The predicted octanol–water partition coefficient (Wildman–Crippen LogP) is 2.70. The van der Waals surface area contributed by atoms with Gasteiger partial charge in [-0.2, -0.15) is 0 Å². The van der Waals surface area contributed by atoms with Gasteiger partial charge in [0.2, 0.25) is 5.91 Å². The van der Waals surface area contributed by atoms with Crippen LogP contribution in [-0.4, -0.2) is 44.2 Å². The molecule has 1 aromatic rings. The molecule has 1 saturated carbocycles. The molecular formula is C18H25ClN2O3. The number of amides is 1. The Labute approximate surface area is 148 Å². The van der Waals surface area contributed by atoms with Crippen LogP contribution >= 0.6 is 11.6 Å². The lowest BCUT2D eigenvalue weighted by Gasteiger charge is -2.19. The first-order valence-electron chi connectivity index (χ1n) is 8.41. The number of rotatable bonds is 6. The summed E-state index contributed by atoms with van der Waals surface area (Å²) in [5, 5.41) is 3.78. The molecule has 2 fully saturated rings. The largest absolute Gasteiger partial charge is 0.497 e. The van der Waals surface area contributed by atoms with Gasteiger partial charge in [-0.05, 0) is 30.7 Å². The van der Waals surface area contributed by atoms with Crippen molar-refractivity contribution in [3.63, 3.8) is 0 Å². The highest BCUT2D eigenvalue weighted by atomic mass is 35.5. The van der Waals surface area contributed by atoms with Crippen LogP contribution in [0.1, 0.15) is 25.3 Å². The summed E-state index contributed by atoms with van der Waals surface area (Å²) < 4.78 is 10.8. The maximum Gasteiger partial charge on any atom is 0.217 e. The van der Waals surface area contributed by atoms with Crippen LogP contribution in [0.5, 0.6) is 11.5 Å². The van der Waals surface area contributed by atoms with E-state index in [1.807, 2.05) is 12.1 Å². The molecule has 6 heteroatoms. The van der Waals surface area contributed by atoms with Crippen LogP contribution in [0.4, 0.5) is 0 Å². The maximum atomic E-state index is 11.5.